The van der Waals surface area contributed by atoms with E-state index in [0.29, 0.717) is 43.1 Å². The number of aromatic nitrogens is 1. The third kappa shape index (κ3) is 5.14. The summed E-state index contributed by atoms with van der Waals surface area (Å²) in [6, 6.07) is 5.50. The first-order valence-electron chi connectivity index (χ1n) is 11.2. The fourth-order valence-electron chi connectivity index (χ4n) is 3.97. The van der Waals surface area contributed by atoms with E-state index in [1.165, 1.54) is 0 Å². The largest absolute Gasteiger partial charge is 0.507 e. The average Bonchev–Trinajstić information content (AvgIpc) is 3.10. The molecule has 3 rings (SSSR count). The number of nitrogens with zero attached hydrogens (tertiary/aromatic N) is 2. The first-order chi connectivity index (χ1) is 14.8. The Bertz CT molecular complexity index is 1000. The molecule has 2 aromatic rings. The quantitative estimate of drug-likeness (QED) is 0.715. The number of amides is 2. The third-order valence-electron chi connectivity index (χ3n) is 6.05. The van der Waals surface area contributed by atoms with Crippen molar-refractivity contribution >= 4 is 17.6 Å². The van der Waals surface area contributed by atoms with E-state index in [4.69, 9.17) is 4.52 Å². The number of likely N-dealkylation sites (tertiary alicyclic amines) is 1. The van der Waals surface area contributed by atoms with Crippen LogP contribution in [0.3, 0.4) is 0 Å². The highest BCUT2D eigenvalue weighted by Crippen LogP contribution is 2.38. The Balaban J connectivity index is 1.76. The highest BCUT2D eigenvalue weighted by molar-refractivity contribution is 5.98. The number of nitrogens with one attached hydrogen (secondary N) is 1. The number of rotatable bonds is 3. The lowest BCUT2D eigenvalue weighted by atomic mass is 9.78. The second-order valence-corrected chi connectivity index (χ2v) is 10.8. The van der Waals surface area contributed by atoms with Gasteiger partial charge in [-0.15, -0.1) is 0 Å². The number of hydrogen-bond acceptors (Lipinski definition) is 5. The van der Waals surface area contributed by atoms with Crippen LogP contribution in [0.2, 0.25) is 0 Å². The van der Waals surface area contributed by atoms with Crippen molar-refractivity contribution in [1.82, 2.24) is 10.1 Å². The van der Waals surface area contributed by atoms with Gasteiger partial charge in [0.05, 0.1) is 5.56 Å². The predicted octanol–water partition coefficient (Wildman–Crippen LogP) is 4.77. The van der Waals surface area contributed by atoms with Gasteiger partial charge in [-0.3, -0.25) is 9.59 Å². The van der Waals surface area contributed by atoms with E-state index in [2.05, 4.69) is 31.2 Å². The molecular weight excluding hydrogens is 406 g/mol. The van der Waals surface area contributed by atoms with Crippen LogP contribution in [0.5, 0.6) is 5.75 Å². The second kappa shape index (κ2) is 8.60. The number of piperidine rings is 1. The Morgan fingerprint density at radius 3 is 2.19 bits per heavy atom. The van der Waals surface area contributed by atoms with Crippen LogP contribution in [0.1, 0.15) is 81.6 Å². The summed E-state index contributed by atoms with van der Waals surface area (Å²) >= 11 is 0. The van der Waals surface area contributed by atoms with Gasteiger partial charge in [-0.25, -0.2) is 0 Å². The number of aryl methyl sites for hydroxylation is 1. The second-order valence-electron chi connectivity index (χ2n) is 10.8. The maximum Gasteiger partial charge on any atom is 0.257 e. The smallest absolute Gasteiger partial charge is 0.257 e. The molecule has 0 saturated carbocycles. The summed E-state index contributed by atoms with van der Waals surface area (Å²) in [5.74, 6) is 0.591. The van der Waals surface area contributed by atoms with E-state index in [-0.39, 0.29) is 34.3 Å². The molecule has 1 saturated heterocycles. The minimum absolute atomic E-state index is 0.0526. The topological polar surface area (TPSA) is 95.7 Å². The summed E-state index contributed by atoms with van der Waals surface area (Å²) in [5.41, 5.74) is 1.66. The Morgan fingerprint density at radius 1 is 1.06 bits per heavy atom. The highest BCUT2D eigenvalue weighted by atomic mass is 16.5. The number of phenolic OH excluding ortho intramolecular Hbond substituents is 1. The first-order valence-corrected chi connectivity index (χ1v) is 11.2. The Morgan fingerprint density at radius 2 is 1.69 bits per heavy atom. The number of benzene rings is 1. The number of carbonyl (C=O) groups excluding carboxylic acids is 2. The molecule has 2 heterocycles. The molecule has 1 aromatic heterocycles. The minimum atomic E-state index is -0.301. The summed E-state index contributed by atoms with van der Waals surface area (Å²) in [7, 11) is 0. The summed E-state index contributed by atoms with van der Waals surface area (Å²) < 4.78 is 4.99. The fourth-order valence-corrected chi connectivity index (χ4v) is 3.97. The SMILES string of the molecule is Cc1cc(NC(=O)C2CCN(C(=O)c3cc(C(C)(C)C)cc(C(C)(C)C)c3O)CC2)no1. The Hall–Kier alpha value is -2.83. The molecule has 0 unspecified atom stereocenters. The fraction of sp³-hybridized carbons (Fsp3) is 0.560. The van der Waals surface area contributed by atoms with E-state index >= 15 is 0 Å². The Labute approximate surface area is 190 Å². The van der Waals surface area contributed by atoms with Crippen LogP contribution >= 0.6 is 0 Å². The van der Waals surface area contributed by atoms with Crippen LogP contribution in [0.15, 0.2) is 22.7 Å². The van der Waals surface area contributed by atoms with Gasteiger partial charge in [0.1, 0.15) is 11.5 Å². The van der Waals surface area contributed by atoms with Crippen LogP contribution in [0.25, 0.3) is 0 Å². The van der Waals surface area contributed by atoms with Gasteiger partial charge in [0.25, 0.3) is 5.91 Å². The number of phenols is 1. The van der Waals surface area contributed by atoms with Crippen molar-refractivity contribution in [3.8, 4) is 5.75 Å². The molecule has 0 atom stereocenters. The normalized spacial score (nSPS) is 15.7. The Kier molecular flexibility index (Phi) is 6.40. The molecule has 0 spiro atoms. The molecule has 0 bridgehead atoms. The molecule has 1 fully saturated rings. The highest BCUT2D eigenvalue weighted by Gasteiger charge is 2.32. The van der Waals surface area contributed by atoms with E-state index in [0.717, 1.165) is 11.1 Å². The molecule has 0 aliphatic carbocycles. The van der Waals surface area contributed by atoms with Crippen molar-refractivity contribution in [3.05, 3.63) is 40.6 Å². The lowest BCUT2D eigenvalue weighted by Crippen LogP contribution is -2.41. The van der Waals surface area contributed by atoms with Gasteiger partial charge in [-0.05, 0) is 42.2 Å². The molecule has 1 aliphatic rings. The molecule has 7 nitrogen and oxygen atoms in total. The van der Waals surface area contributed by atoms with Crippen LogP contribution in [0, 0.1) is 12.8 Å². The van der Waals surface area contributed by atoms with Crippen molar-refractivity contribution in [1.29, 1.82) is 0 Å². The van der Waals surface area contributed by atoms with Gasteiger partial charge >= 0.3 is 0 Å². The molecule has 174 valence electrons. The van der Waals surface area contributed by atoms with Gasteiger partial charge in [-0.1, -0.05) is 52.8 Å². The van der Waals surface area contributed by atoms with E-state index < -0.39 is 0 Å². The molecule has 1 aromatic carbocycles. The summed E-state index contributed by atoms with van der Waals surface area (Å²) in [6.45, 7) is 15.1. The van der Waals surface area contributed by atoms with Gasteiger partial charge in [0.15, 0.2) is 5.82 Å². The summed E-state index contributed by atoms with van der Waals surface area (Å²) in [4.78, 5) is 27.7. The van der Waals surface area contributed by atoms with E-state index in [1.807, 2.05) is 32.9 Å². The summed E-state index contributed by atoms with van der Waals surface area (Å²) in [5, 5.41) is 17.6. The van der Waals surface area contributed by atoms with Crippen LogP contribution in [-0.2, 0) is 15.6 Å². The average molecular weight is 442 g/mol. The van der Waals surface area contributed by atoms with Crippen molar-refractivity contribution in [2.24, 2.45) is 5.92 Å². The molecule has 2 amide bonds. The summed E-state index contributed by atoms with van der Waals surface area (Å²) in [6.07, 6.45) is 1.11. The molecule has 0 radical (unpaired) electrons. The molecule has 2 N–H and O–H groups in total. The minimum Gasteiger partial charge on any atom is -0.507 e. The molecule has 32 heavy (non-hydrogen) atoms. The zero-order valence-corrected chi connectivity index (χ0v) is 20.2. The zero-order chi connectivity index (χ0) is 23.8. The number of hydrogen-bond donors (Lipinski definition) is 2. The van der Waals surface area contributed by atoms with Crippen molar-refractivity contribution in [3.63, 3.8) is 0 Å². The maximum atomic E-state index is 13.4. The first kappa shape index (κ1) is 23.8. The van der Waals surface area contributed by atoms with Crippen LogP contribution in [0.4, 0.5) is 5.82 Å². The lowest BCUT2D eigenvalue weighted by Gasteiger charge is -2.33. The molecule has 7 heteroatoms. The van der Waals surface area contributed by atoms with Gasteiger partial charge in [-0.2, -0.15) is 0 Å². The third-order valence-corrected chi connectivity index (χ3v) is 6.05. The van der Waals surface area contributed by atoms with Gasteiger partial charge in [0, 0.05) is 30.6 Å². The van der Waals surface area contributed by atoms with Crippen molar-refractivity contribution < 1.29 is 19.2 Å². The molecular formula is C25H35N3O4. The van der Waals surface area contributed by atoms with Crippen molar-refractivity contribution in [2.75, 3.05) is 18.4 Å². The molecule has 1 aliphatic heterocycles. The van der Waals surface area contributed by atoms with E-state index in [1.54, 1.807) is 17.9 Å². The van der Waals surface area contributed by atoms with E-state index in [9.17, 15) is 14.7 Å². The van der Waals surface area contributed by atoms with Gasteiger partial charge < -0.3 is 19.8 Å². The predicted molar refractivity (Wildman–Crippen MR) is 124 cm³/mol. The number of aromatic hydroxyl groups is 1. The van der Waals surface area contributed by atoms with Gasteiger partial charge in [0.2, 0.25) is 5.91 Å². The van der Waals surface area contributed by atoms with Crippen molar-refractivity contribution in [2.45, 2.75) is 72.1 Å². The number of anilines is 1. The zero-order valence-electron chi connectivity index (χ0n) is 20.2. The number of carbonyl (C=O) groups is 2. The lowest BCUT2D eigenvalue weighted by molar-refractivity contribution is -0.121. The monoisotopic (exact) mass is 441 g/mol. The van der Waals surface area contributed by atoms with Crippen LogP contribution in [-0.4, -0.2) is 40.1 Å². The maximum absolute atomic E-state index is 13.4. The standard InChI is InChI=1S/C25H35N3O4/c1-15-12-20(27-32-15)26-22(30)16-8-10-28(11-9-16)23(31)18-13-17(24(2,3)4)14-19(21(18)29)25(5,6)7/h12-14,16,29H,8-11H2,1-7H3,(H,26,27,30). The van der Waals surface area contributed by atoms with Crippen LogP contribution < -0.4 is 5.32 Å².